The predicted molar refractivity (Wildman–Crippen MR) is 108 cm³/mol. The van der Waals surface area contributed by atoms with Gasteiger partial charge in [-0.2, -0.15) is 13.9 Å². The molecular weight excluding hydrogens is 419 g/mol. The van der Waals surface area contributed by atoms with Gasteiger partial charge in [-0.25, -0.2) is 14.1 Å². The van der Waals surface area contributed by atoms with E-state index in [0.29, 0.717) is 16.8 Å². The van der Waals surface area contributed by atoms with Gasteiger partial charge in [-0.15, -0.1) is 0 Å². The van der Waals surface area contributed by atoms with Gasteiger partial charge in [-0.3, -0.25) is 9.69 Å². The van der Waals surface area contributed by atoms with Gasteiger partial charge in [-0.1, -0.05) is 23.7 Å². The first kappa shape index (κ1) is 22.1. The minimum atomic E-state index is -2.78. The van der Waals surface area contributed by atoms with Crippen molar-refractivity contribution in [1.82, 2.24) is 14.7 Å². The zero-order valence-electron chi connectivity index (χ0n) is 17.1. The number of benzene rings is 1. The summed E-state index contributed by atoms with van der Waals surface area (Å²) in [7, 11) is 1.53. The summed E-state index contributed by atoms with van der Waals surface area (Å²) in [6.45, 7) is 2.30. The van der Waals surface area contributed by atoms with Crippen LogP contribution in [-0.4, -0.2) is 33.6 Å². The quantitative estimate of drug-likeness (QED) is 0.764. The number of rotatable bonds is 5. The van der Waals surface area contributed by atoms with Gasteiger partial charge in [0.25, 0.3) is 0 Å². The maximum atomic E-state index is 14.9. The zero-order chi connectivity index (χ0) is 22.4. The van der Waals surface area contributed by atoms with Crippen LogP contribution in [0.15, 0.2) is 29.4 Å². The summed E-state index contributed by atoms with van der Waals surface area (Å²) in [5.74, 6) is -0.772. The number of hydrogen-bond donors (Lipinski definition) is 1. The third-order valence-electron chi connectivity index (χ3n) is 5.90. The van der Waals surface area contributed by atoms with Crippen molar-refractivity contribution in [2.24, 2.45) is 16.1 Å². The first-order valence-electron chi connectivity index (χ1n) is 9.32. The normalized spacial score (nSPS) is 21.3. The highest BCUT2D eigenvalue weighted by molar-refractivity contribution is 6.31. The molecule has 1 aliphatic rings. The first-order chi connectivity index (χ1) is 13.9. The Morgan fingerprint density at radius 2 is 1.90 bits per heavy atom. The molecule has 3 rings (SSSR count). The molecule has 0 saturated carbocycles. The second-order valence-electron chi connectivity index (χ2n) is 8.03. The number of carbonyl (C=O) groups is 1. The van der Waals surface area contributed by atoms with Crippen LogP contribution in [-0.2, 0) is 23.2 Å². The Morgan fingerprint density at radius 3 is 2.50 bits per heavy atom. The molecule has 10 heteroatoms. The van der Waals surface area contributed by atoms with Crippen molar-refractivity contribution in [3.05, 3.63) is 52.1 Å². The number of amides is 1. The van der Waals surface area contributed by atoms with E-state index in [-0.39, 0.29) is 28.9 Å². The molecule has 6 nitrogen and oxygen atoms in total. The average Bonchev–Trinajstić information content (AvgIpc) is 3.05. The largest absolute Gasteiger partial charge is 0.369 e. The number of halogens is 4. The predicted octanol–water partition coefficient (Wildman–Crippen LogP) is 3.88. The lowest BCUT2D eigenvalue weighted by Gasteiger charge is -2.46. The maximum absolute atomic E-state index is 14.9. The minimum Gasteiger partial charge on any atom is -0.369 e. The van der Waals surface area contributed by atoms with Gasteiger partial charge in [0.15, 0.2) is 5.96 Å². The van der Waals surface area contributed by atoms with Gasteiger partial charge in [0.1, 0.15) is 11.4 Å². The lowest BCUT2D eigenvalue weighted by molar-refractivity contribution is -0.140. The number of aromatic nitrogens is 2. The fourth-order valence-corrected chi connectivity index (χ4v) is 3.84. The van der Waals surface area contributed by atoms with Gasteiger partial charge >= 0.3 is 6.55 Å². The summed E-state index contributed by atoms with van der Waals surface area (Å²) in [4.78, 5) is 18.5. The van der Waals surface area contributed by atoms with E-state index in [1.54, 1.807) is 32.9 Å². The Kier molecular flexibility index (Phi) is 5.62. The van der Waals surface area contributed by atoms with Crippen molar-refractivity contribution < 1.29 is 18.0 Å². The summed E-state index contributed by atoms with van der Waals surface area (Å²) in [6.07, 6.45) is 1.75. The molecular formula is C20H23ClF3N5O. The van der Waals surface area contributed by atoms with Gasteiger partial charge < -0.3 is 5.73 Å². The van der Waals surface area contributed by atoms with Crippen LogP contribution in [0.1, 0.15) is 44.1 Å². The molecule has 1 atom stereocenters. The van der Waals surface area contributed by atoms with Crippen molar-refractivity contribution in [3.63, 3.8) is 0 Å². The second kappa shape index (κ2) is 7.61. The van der Waals surface area contributed by atoms with Gasteiger partial charge in [0.2, 0.25) is 5.91 Å². The fourth-order valence-electron chi connectivity index (χ4n) is 3.61. The highest BCUT2D eigenvalue weighted by Crippen LogP contribution is 2.47. The molecule has 1 aromatic heterocycles. The Balaban J connectivity index is 1.95. The molecule has 0 fully saturated rings. The molecule has 0 unspecified atom stereocenters. The van der Waals surface area contributed by atoms with Crippen LogP contribution in [0.4, 0.5) is 13.2 Å². The van der Waals surface area contributed by atoms with E-state index < -0.39 is 23.3 Å². The van der Waals surface area contributed by atoms with Gasteiger partial charge in [0, 0.05) is 18.8 Å². The number of aryl methyl sites for hydroxylation is 2. The number of nitrogens with two attached hydrogens (primary N) is 1. The van der Waals surface area contributed by atoms with Crippen LogP contribution in [0.5, 0.6) is 0 Å². The smallest absolute Gasteiger partial charge is 0.333 e. The highest BCUT2D eigenvalue weighted by atomic mass is 35.5. The number of nitrogens with zero attached hydrogens (tertiary/aromatic N) is 4. The SMILES string of the molecule is CN1C(=O)C(C)(C)[C@@](C)(c2cc(CCc3nn(C(F)F)cc3Cl)ccc2F)N=C1N. The summed E-state index contributed by atoms with van der Waals surface area (Å²) in [5, 5.41) is 3.93. The molecule has 0 bridgehead atoms. The molecule has 2 aromatic rings. The van der Waals surface area contributed by atoms with Gasteiger partial charge in [-0.05, 0) is 45.2 Å². The molecule has 0 radical (unpaired) electrons. The number of guanidine groups is 1. The van der Waals surface area contributed by atoms with E-state index in [4.69, 9.17) is 17.3 Å². The lowest BCUT2D eigenvalue weighted by Crippen LogP contribution is -2.58. The summed E-state index contributed by atoms with van der Waals surface area (Å²) < 4.78 is 40.9. The lowest BCUT2D eigenvalue weighted by atomic mass is 9.67. The fraction of sp³-hybridized carbons (Fsp3) is 0.450. The molecule has 1 aromatic carbocycles. The monoisotopic (exact) mass is 441 g/mol. The standard InChI is InChI=1S/C20H23ClF3N5O/c1-19(2)16(30)28(4)18(25)26-20(19,3)12-9-11(5-7-14(12)22)6-8-15-13(21)10-29(27-15)17(23)24/h5,7,9-10,17H,6,8H2,1-4H3,(H2,25,26)/t20-/m1/s1. The minimum absolute atomic E-state index is 0.0101. The Labute approximate surface area is 177 Å². The molecule has 0 saturated heterocycles. The van der Waals surface area contributed by atoms with Crippen molar-refractivity contribution in [2.45, 2.75) is 45.7 Å². The number of hydrogen-bond acceptors (Lipinski definition) is 4. The van der Waals surface area contributed by atoms with Crippen LogP contribution in [0, 0.1) is 11.2 Å². The van der Waals surface area contributed by atoms with E-state index in [9.17, 15) is 18.0 Å². The van der Waals surface area contributed by atoms with Crippen molar-refractivity contribution in [3.8, 4) is 0 Å². The summed E-state index contributed by atoms with van der Waals surface area (Å²) in [5.41, 5.74) is 4.92. The second-order valence-corrected chi connectivity index (χ2v) is 8.43. The van der Waals surface area contributed by atoms with Crippen LogP contribution in [0.3, 0.4) is 0 Å². The number of carbonyl (C=O) groups excluding carboxylic acids is 1. The van der Waals surface area contributed by atoms with E-state index in [1.165, 1.54) is 18.0 Å². The number of alkyl halides is 2. The Bertz CT molecular complexity index is 1020. The van der Waals surface area contributed by atoms with Crippen molar-refractivity contribution in [1.29, 1.82) is 0 Å². The van der Waals surface area contributed by atoms with E-state index in [2.05, 4.69) is 10.1 Å². The van der Waals surface area contributed by atoms with E-state index in [0.717, 1.165) is 11.8 Å². The first-order valence-corrected chi connectivity index (χ1v) is 9.70. The Morgan fingerprint density at radius 1 is 1.23 bits per heavy atom. The van der Waals surface area contributed by atoms with Crippen molar-refractivity contribution >= 4 is 23.5 Å². The summed E-state index contributed by atoms with van der Waals surface area (Å²) in [6, 6.07) is 4.53. The van der Waals surface area contributed by atoms with Crippen LogP contribution >= 0.6 is 11.6 Å². The summed E-state index contributed by atoms with van der Waals surface area (Å²) >= 11 is 5.99. The molecule has 1 amide bonds. The van der Waals surface area contributed by atoms with E-state index >= 15 is 0 Å². The molecule has 1 aliphatic heterocycles. The van der Waals surface area contributed by atoms with Crippen LogP contribution in [0.2, 0.25) is 5.02 Å². The third-order valence-corrected chi connectivity index (χ3v) is 6.22. The molecule has 0 spiro atoms. The molecule has 0 aliphatic carbocycles. The maximum Gasteiger partial charge on any atom is 0.333 e. The number of aliphatic imine (C=N–C) groups is 1. The molecule has 2 heterocycles. The zero-order valence-corrected chi connectivity index (χ0v) is 17.8. The van der Waals surface area contributed by atoms with Crippen molar-refractivity contribution in [2.75, 3.05) is 7.05 Å². The molecule has 162 valence electrons. The Hall–Kier alpha value is -2.55. The van der Waals surface area contributed by atoms with E-state index in [1.807, 2.05) is 0 Å². The molecule has 2 N–H and O–H groups in total. The van der Waals surface area contributed by atoms with Gasteiger partial charge in [0.05, 0.1) is 16.1 Å². The average molecular weight is 442 g/mol. The topological polar surface area (TPSA) is 76.5 Å². The van der Waals surface area contributed by atoms with Crippen LogP contribution in [0.25, 0.3) is 0 Å². The highest BCUT2D eigenvalue weighted by Gasteiger charge is 2.53. The third kappa shape index (κ3) is 3.55. The molecule has 30 heavy (non-hydrogen) atoms. The van der Waals surface area contributed by atoms with Crippen LogP contribution < -0.4 is 5.73 Å².